The Morgan fingerprint density at radius 1 is 1.11 bits per heavy atom. The molecule has 2 aromatic rings. The van der Waals surface area contributed by atoms with Crippen LogP contribution in [0.25, 0.3) is 11.1 Å². The molecule has 1 aliphatic heterocycles. The number of rotatable bonds is 7. The molecule has 5 heteroatoms. The summed E-state index contributed by atoms with van der Waals surface area (Å²) in [6, 6.07) is 18.5. The number of amides is 2. The smallest absolute Gasteiger partial charge is 0.248 e. The van der Waals surface area contributed by atoms with Crippen LogP contribution in [-0.4, -0.2) is 50.1 Å². The average molecular weight is 380 g/mol. The third kappa shape index (κ3) is 4.42. The van der Waals surface area contributed by atoms with Crippen molar-refractivity contribution in [3.63, 3.8) is 0 Å². The zero-order valence-corrected chi connectivity index (χ0v) is 16.6. The number of benzene rings is 2. The standard InChI is InChI=1S/C23H28N2O3/c1-3-24-22(27)23(12-13-25(17-23)21(26)16-28-2)15-18-8-7-11-20(14-18)19-9-5-4-6-10-19/h4-11,14H,3,12-13,15-17H2,1-2H3,(H,24,27). The van der Waals surface area contributed by atoms with Crippen LogP contribution in [0.3, 0.4) is 0 Å². The lowest BCUT2D eigenvalue weighted by molar-refractivity contribution is -0.135. The molecule has 3 rings (SSSR count). The van der Waals surface area contributed by atoms with Crippen molar-refractivity contribution in [1.82, 2.24) is 10.2 Å². The SMILES string of the molecule is CCNC(=O)C1(Cc2cccc(-c3ccccc3)c2)CCN(C(=O)COC)C1. The Balaban J connectivity index is 1.85. The first-order valence-corrected chi connectivity index (χ1v) is 9.77. The predicted molar refractivity (Wildman–Crippen MR) is 110 cm³/mol. The molecule has 1 fully saturated rings. The minimum absolute atomic E-state index is 0.0211. The van der Waals surface area contributed by atoms with Gasteiger partial charge in [0.15, 0.2) is 0 Å². The largest absolute Gasteiger partial charge is 0.375 e. The van der Waals surface area contributed by atoms with E-state index in [1.165, 1.54) is 7.11 Å². The molecule has 1 N–H and O–H groups in total. The molecule has 0 saturated carbocycles. The molecule has 1 unspecified atom stereocenters. The van der Waals surface area contributed by atoms with Gasteiger partial charge in [-0.15, -0.1) is 0 Å². The second-order valence-electron chi connectivity index (χ2n) is 7.38. The lowest BCUT2D eigenvalue weighted by atomic mass is 9.79. The van der Waals surface area contributed by atoms with Gasteiger partial charge in [0.05, 0.1) is 5.41 Å². The number of methoxy groups -OCH3 is 1. The number of nitrogens with one attached hydrogen (secondary N) is 1. The molecule has 28 heavy (non-hydrogen) atoms. The van der Waals surface area contributed by atoms with E-state index in [0.29, 0.717) is 32.5 Å². The second kappa shape index (κ2) is 9.02. The molecule has 1 saturated heterocycles. The quantitative estimate of drug-likeness (QED) is 0.804. The normalized spacial score (nSPS) is 18.9. The van der Waals surface area contributed by atoms with E-state index in [9.17, 15) is 9.59 Å². The van der Waals surface area contributed by atoms with Crippen molar-refractivity contribution < 1.29 is 14.3 Å². The average Bonchev–Trinajstić information content (AvgIpc) is 3.15. The highest BCUT2D eigenvalue weighted by atomic mass is 16.5. The van der Waals surface area contributed by atoms with E-state index >= 15 is 0 Å². The lowest BCUT2D eigenvalue weighted by Crippen LogP contribution is -2.45. The molecular weight excluding hydrogens is 352 g/mol. The van der Waals surface area contributed by atoms with Crippen LogP contribution >= 0.6 is 0 Å². The first kappa shape index (κ1) is 20.1. The van der Waals surface area contributed by atoms with Gasteiger partial charge in [-0.2, -0.15) is 0 Å². The fourth-order valence-electron chi connectivity index (χ4n) is 3.94. The van der Waals surface area contributed by atoms with Crippen LogP contribution < -0.4 is 5.32 Å². The summed E-state index contributed by atoms with van der Waals surface area (Å²) in [4.78, 5) is 27.0. The van der Waals surface area contributed by atoms with Gasteiger partial charge < -0.3 is 15.0 Å². The summed E-state index contributed by atoms with van der Waals surface area (Å²) in [5.41, 5.74) is 2.79. The van der Waals surface area contributed by atoms with E-state index in [4.69, 9.17) is 4.74 Å². The van der Waals surface area contributed by atoms with Gasteiger partial charge in [0.1, 0.15) is 6.61 Å². The molecule has 1 aliphatic rings. The van der Waals surface area contributed by atoms with Crippen LogP contribution in [0, 0.1) is 5.41 Å². The van der Waals surface area contributed by atoms with Crippen LogP contribution in [-0.2, 0) is 20.7 Å². The van der Waals surface area contributed by atoms with Crippen LogP contribution in [0.15, 0.2) is 54.6 Å². The van der Waals surface area contributed by atoms with Gasteiger partial charge in [0.2, 0.25) is 11.8 Å². The third-order valence-corrected chi connectivity index (χ3v) is 5.37. The topological polar surface area (TPSA) is 58.6 Å². The highest BCUT2D eigenvalue weighted by Crippen LogP contribution is 2.35. The number of carbonyl (C=O) groups is 2. The molecule has 0 spiro atoms. The van der Waals surface area contributed by atoms with Gasteiger partial charge in [0.25, 0.3) is 0 Å². The number of likely N-dealkylation sites (tertiary alicyclic amines) is 1. The molecule has 5 nitrogen and oxygen atoms in total. The molecule has 2 aromatic carbocycles. The van der Waals surface area contributed by atoms with Crippen molar-refractivity contribution in [2.45, 2.75) is 19.8 Å². The number of ether oxygens (including phenoxy) is 1. The van der Waals surface area contributed by atoms with Crippen molar-refractivity contribution in [2.75, 3.05) is 33.4 Å². The molecule has 1 atom stereocenters. The summed E-state index contributed by atoms with van der Waals surface area (Å²) < 4.78 is 4.98. The van der Waals surface area contributed by atoms with E-state index in [2.05, 4.69) is 35.6 Å². The van der Waals surface area contributed by atoms with Gasteiger partial charge in [0, 0.05) is 26.7 Å². The molecule has 0 aliphatic carbocycles. The Kier molecular flexibility index (Phi) is 6.47. The summed E-state index contributed by atoms with van der Waals surface area (Å²) in [5.74, 6) is -0.0421. The molecule has 148 valence electrons. The van der Waals surface area contributed by atoms with E-state index in [1.807, 2.05) is 31.2 Å². The lowest BCUT2D eigenvalue weighted by Gasteiger charge is -2.28. The Labute approximate surface area is 166 Å². The van der Waals surface area contributed by atoms with Crippen LogP contribution in [0.2, 0.25) is 0 Å². The molecule has 0 bridgehead atoms. The minimum Gasteiger partial charge on any atom is -0.375 e. The fourth-order valence-corrected chi connectivity index (χ4v) is 3.94. The summed E-state index contributed by atoms with van der Waals surface area (Å²) >= 11 is 0. The minimum atomic E-state index is -0.602. The van der Waals surface area contributed by atoms with Crippen molar-refractivity contribution in [3.8, 4) is 11.1 Å². The summed E-state index contributed by atoms with van der Waals surface area (Å²) in [7, 11) is 1.51. The first-order valence-electron chi connectivity index (χ1n) is 9.77. The van der Waals surface area contributed by atoms with Gasteiger partial charge in [-0.1, -0.05) is 54.6 Å². The second-order valence-corrected chi connectivity index (χ2v) is 7.38. The van der Waals surface area contributed by atoms with E-state index in [0.717, 1.165) is 16.7 Å². The maximum atomic E-state index is 13.0. The monoisotopic (exact) mass is 380 g/mol. The van der Waals surface area contributed by atoms with Gasteiger partial charge in [-0.05, 0) is 36.5 Å². The molecule has 1 heterocycles. The highest BCUT2D eigenvalue weighted by molar-refractivity contribution is 5.86. The predicted octanol–water partition coefficient (Wildman–Crippen LogP) is 2.90. The number of nitrogens with zero attached hydrogens (tertiary/aromatic N) is 1. The summed E-state index contributed by atoms with van der Waals surface area (Å²) in [6.45, 7) is 3.56. The van der Waals surface area contributed by atoms with E-state index in [1.54, 1.807) is 4.90 Å². The maximum absolute atomic E-state index is 13.0. The number of carbonyl (C=O) groups excluding carboxylic acids is 2. The van der Waals surface area contributed by atoms with E-state index < -0.39 is 5.41 Å². The Morgan fingerprint density at radius 3 is 2.57 bits per heavy atom. The van der Waals surface area contributed by atoms with Crippen molar-refractivity contribution in [2.24, 2.45) is 5.41 Å². The highest BCUT2D eigenvalue weighted by Gasteiger charge is 2.45. The van der Waals surface area contributed by atoms with Gasteiger partial charge in [-0.3, -0.25) is 9.59 Å². The first-order chi connectivity index (χ1) is 13.6. The van der Waals surface area contributed by atoms with Crippen molar-refractivity contribution in [3.05, 3.63) is 60.2 Å². The van der Waals surface area contributed by atoms with Crippen LogP contribution in [0.4, 0.5) is 0 Å². The van der Waals surface area contributed by atoms with Crippen molar-refractivity contribution in [1.29, 1.82) is 0 Å². The maximum Gasteiger partial charge on any atom is 0.248 e. The molecular formula is C23H28N2O3. The van der Waals surface area contributed by atoms with Crippen LogP contribution in [0.1, 0.15) is 18.9 Å². The summed E-state index contributed by atoms with van der Waals surface area (Å²) in [6.07, 6.45) is 1.26. The Morgan fingerprint density at radius 2 is 1.86 bits per heavy atom. The van der Waals surface area contributed by atoms with E-state index in [-0.39, 0.29) is 18.4 Å². The summed E-state index contributed by atoms with van der Waals surface area (Å²) in [5, 5.41) is 2.98. The third-order valence-electron chi connectivity index (χ3n) is 5.37. The molecule has 0 radical (unpaired) electrons. The number of hydrogen-bond donors (Lipinski definition) is 1. The van der Waals surface area contributed by atoms with Crippen LogP contribution in [0.5, 0.6) is 0 Å². The Hall–Kier alpha value is -2.66. The Bertz CT molecular complexity index is 822. The molecule has 2 amide bonds. The van der Waals surface area contributed by atoms with Crippen molar-refractivity contribution >= 4 is 11.8 Å². The zero-order valence-electron chi connectivity index (χ0n) is 16.6. The molecule has 0 aromatic heterocycles. The van der Waals surface area contributed by atoms with Gasteiger partial charge in [-0.25, -0.2) is 0 Å². The van der Waals surface area contributed by atoms with Gasteiger partial charge >= 0.3 is 0 Å². The zero-order chi connectivity index (χ0) is 20.0. The number of hydrogen-bond acceptors (Lipinski definition) is 3. The fraction of sp³-hybridized carbons (Fsp3) is 0.391.